The molecule has 8 N–H and O–H groups in total. The number of halogens is 3. The number of imide groups is 1. The molecule has 3 aromatic carbocycles. The van der Waals surface area contributed by atoms with E-state index in [1.165, 1.54) is 6.07 Å². The van der Waals surface area contributed by atoms with Crippen molar-refractivity contribution >= 4 is 46.0 Å². The van der Waals surface area contributed by atoms with Gasteiger partial charge in [-0.15, -0.1) is 0 Å². The Balaban J connectivity index is 1.04. The summed E-state index contributed by atoms with van der Waals surface area (Å²) in [6, 6.07) is 18.1. The van der Waals surface area contributed by atoms with Crippen LogP contribution in [-0.2, 0) is 15.8 Å². The summed E-state index contributed by atoms with van der Waals surface area (Å²) >= 11 is 0. The van der Waals surface area contributed by atoms with Gasteiger partial charge in [0.05, 0.1) is 11.1 Å². The largest absolute Gasteiger partial charge is 0.507 e. The number of phenolic OH excluding ortho intramolecular Hbond substituents is 1. The van der Waals surface area contributed by atoms with Gasteiger partial charge in [-0.2, -0.15) is 13.2 Å². The second-order valence-corrected chi connectivity index (χ2v) is 13.1. The van der Waals surface area contributed by atoms with Crippen molar-refractivity contribution in [2.75, 3.05) is 54.4 Å². The van der Waals surface area contributed by atoms with Gasteiger partial charge in [-0.25, -0.2) is 0 Å². The van der Waals surface area contributed by atoms with Crippen LogP contribution < -0.4 is 31.6 Å². The number of hydrogen-bond acceptors (Lipinski definition) is 8. The molecule has 0 bridgehead atoms. The molecular weight excluding hydrogens is 661 g/mol. The Morgan fingerprint density at radius 3 is 2.25 bits per heavy atom. The predicted octanol–water partition coefficient (Wildman–Crippen LogP) is 2.99. The van der Waals surface area contributed by atoms with Crippen LogP contribution in [0.2, 0.25) is 0 Å². The summed E-state index contributed by atoms with van der Waals surface area (Å²) < 4.78 is 42.7. The maximum atomic E-state index is 14.2. The maximum Gasteiger partial charge on any atom is 0.418 e. The lowest BCUT2D eigenvalue weighted by atomic mass is 9.99. The van der Waals surface area contributed by atoms with Gasteiger partial charge < -0.3 is 26.0 Å². The molecule has 1 unspecified atom stereocenters. The quantitative estimate of drug-likeness (QED) is 0.113. The van der Waals surface area contributed by atoms with E-state index in [-0.39, 0.29) is 47.8 Å². The number of rotatable bonds is 9. The third-order valence-electron chi connectivity index (χ3n) is 9.87. The number of nitrogens with two attached hydrogens (primary N) is 2. The van der Waals surface area contributed by atoms with Crippen molar-refractivity contribution in [2.24, 2.45) is 5.73 Å². The SMILES string of the molecule is N=C(N)/C(=C\C(=[NH2+])c1ccccc1O)c1ccc(N2CCN(C3CCN(c4ccc(NC5CCC(=O)NC5=O)cc4C(F)(F)F)CC3)CC2)cc1. The second kappa shape index (κ2) is 14.9. The van der Waals surface area contributed by atoms with Crippen molar-refractivity contribution in [3.63, 3.8) is 0 Å². The van der Waals surface area contributed by atoms with E-state index in [1.54, 1.807) is 41.3 Å². The monoisotopic (exact) mass is 703 g/mol. The molecule has 2 amide bonds. The van der Waals surface area contributed by atoms with Gasteiger partial charge >= 0.3 is 6.18 Å². The number of benzene rings is 3. The summed E-state index contributed by atoms with van der Waals surface area (Å²) in [5, 5.41) is 29.6. The molecule has 0 radical (unpaired) electrons. The molecule has 3 heterocycles. The van der Waals surface area contributed by atoms with Gasteiger partial charge in [0.2, 0.25) is 17.5 Å². The van der Waals surface area contributed by atoms with Gasteiger partial charge in [-0.3, -0.25) is 30.6 Å². The van der Waals surface area contributed by atoms with Crippen LogP contribution in [-0.4, -0.2) is 84.7 Å². The van der Waals surface area contributed by atoms with E-state index in [0.717, 1.165) is 56.3 Å². The van der Waals surface area contributed by atoms with Crippen molar-refractivity contribution in [3.05, 3.63) is 89.5 Å². The number of para-hydroxylation sites is 1. The number of amidine groups is 1. The van der Waals surface area contributed by atoms with Gasteiger partial charge in [0.25, 0.3) is 0 Å². The molecule has 3 aliphatic rings. The van der Waals surface area contributed by atoms with Gasteiger partial charge in [0.15, 0.2) is 0 Å². The fraction of sp³-hybridized carbons (Fsp3) is 0.351. The highest BCUT2D eigenvalue weighted by Gasteiger charge is 2.37. The topological polar surface area (TPSA) is 164 Å². The van der Waals surface area contributed by atoms with E-state index in [9.17, 15) is 27.9 Å². The Bertz CT molecular complexity index is 1830. The number of hydrogen-bond donors (Lipinski definition) is 6. The van der Waals surface area contributed by atoms with Crippen LogP contribution in [0.25, 0.3) is 5.57 Å². The number of aromatic hydroxyl groups is 1. The first kappa shape index (κ1) is 35.5. The van der Waals surface area contributed by atoms with Crippen LogP contribution >= 0.6 is 0 Å². The van der Waals surface area contributed by atoms with Crippen molar-refractivity contribution in [1.29, 1.82) is 5.41 Å². The zero-order valence-electron chi connectivity index (χ0n) is 28.0. The van der Waals surface area contributed by atoms with Crippen LogP contribution in [0.4, 0.5) is 30.2 Å². The number of allylic oxidation sites excluding steroid dienone is 1. The number of carbonyl (C=O) groups excluding carboxylic acids is 2. The molecule has 6 rings (SSSR count). The molecule has 14 heteroatoms. The molecule has 3 aliphatic heterocycles. The summed E-state index contributed by atoms with van der Waals surface area (Å²) in [6.45, 7) is 4.23. The highest BCUT2D eigenvalue weighted by atomic mass is 19.4. The van der Waals surface area contributed by atoms with Crippen LogP contribution in [0.15, 0.2) is 72.8 Å². The number of piperidine rings is 2. The van der Waals surface area contributed by atoms with E-state index in [1.807, 2.05) is 24.3 Å². The Morgan fingerprint density at radius 1 is 0.941 bits per heavy atom. The van der Waals surface area contributed by atoms with E-state index in [2.05, 4.69) is 20.4 Å². The van der Waals surface area contributed by atoms with Gasteiger partial charge in [-0.05, 0) is 67.3 Å². The Kier molecular flexibility index (Phi) is 10.3. The molecule has 0 aliphatic carbocycles. The molecular formula is C37H42F3N8O3+. The lowest BCUT2D eigenvalue weighted by molar-refractivity contribution is -0.137. The Morgan fingerprint density at radius 2 is 1.63 bits per heavy atom. The number of amides is 2. The van der Waals surface area contributed by atoms with Crippen molar-refractivity contribution in [1.82, 2.24) is 10.2 Å². The van der Waals surface area contributed by atoms with Crippen LogP contribution in [0.3, 0.4) is 0 Å². The number of nitrogens with zero attached hydrogens (tertiary/aromatic N) is 3. The Hall–Kier alpha value is -5.37. The zero-order chi connectivity index (χ0) is 36.3. The molecule has 0 saturated carbocycles. The fourth-order valence-electron chi connectivity index (χ4n) is 7.10. The van der Waals surface area contributed by atoms with Crippen LogP contribution in [0.5, 0.6) is 5.75 Å². The summed E-state index contributed by atoms with van der Waals surface area (Å²) in [5.41, 5.74) is 8.42. The fourth-order valence-corrected chi connectivity index (χ4v) is 7.10. The molecule has 11 nitrogen and oxygen atoms in total. The first-order chi connectivity index (χ1) is 24.4. The average Bonchev–Trinajstić information content (AvgIpc) is 3.12. The summed E-state index contributed by atoms with van der Waals surface area (Å²) in [5.74, 6) is -1.03. The van der Waals surface area contributed by atoms with Crippen molar-refractivity contribution < 1.29 is 33.3 Å². The van der Waals surface area contributed by atoms with Gasteiger partial charge in [0.1, 0.15) is 17.6 Å². The molecule has 3 aromatic rings. The van der Waals surface area contributed by atoms with Gasteiger partial charge in [-0.1, -0.05) is 24.3 Å². The smallest absolute Gasteiger partial charge is 0.418 e. The molecule has 3 fully saturated rings. The van der Waals surface area contributed by atoms with E-state index >= 15 is 0 Å². The zero-order valence-corrected chi connectivity index (χ0v) is 28.0. The lowest BCUT2D eigenvalue weighted by Gasteiger charge is -2.44. The lowest BCUT2D eigenvalue weighted by Crippen LogP contribution is -2.53. The Labute approximate surface area is 293 Å². The minimum Gasteiger partial charge on any atom is -0.507 e. The van der Waals surface area contributed by atoms with Crippen LogP contribution in [0, 0.1) is 5.41 Å². The summed E-state index contributed by atoms with van der Waals surface area (Å²) in [6.07, 6.45) is -1.15. The van der Waals surface area contributed by atoms with Crippen LogP contribution in [0.1, 0.15) is 42.4 Å². The standard InChI is InChI=1S/C37H41F3N8O3/c38-37(39,40)29-21-24(44-31-10-12-34(50)45-36(31)51)7-11-32(29)48-15-13-26(14-16-48)47-19-17-46(18-20-47)25-8-5-23(6-9-25)28(35(42)43)22-30(41)27-3-1-2-4-33(27)49/h1-9,11,21-22,26,31,41,44,49H,10,12-20H2,(H3,42,43)(H,45,50,51)/p+1/b28-22-,41-30?. The minimum absolute atomic E-state index is 0.0395. The maximum absolute atomic E-state index is 14.2. The number of anilines is 3. The predicted molar refractivity (Wildman–Crippen MR) is 191 cm³/mol. The number of phenols is 1. The molecule has 0 spiro atoms. The summed E-state index contributed by atoms with van der Waals surface area (Å²) in [4.78, 5) is 30.1. The average molecular weight is 704 g/mol. The number of piperazine rings is 1. The first-order valence-corrected chi connectivity index (χ1v) is 17.0. The molecule has 1 atom stereocenters. The molecule has 3 saturated heterocycles. The van der Waals surface area contributed by atoms with Gasteiger partial charge in [0, 0.05) is 80.4 Å². The third kappa shape index (κ3) is 8.17. The highest BCUT2D eigenvalue weighted by molar-refractivity contribution is 6.26. The third-order valence-corrected chi connectivity index (χ3v) is 9.87. The molecule has 0 aromatic heterocycles. The molecule has 268 valence electrons. The molecule has 51 heavy (non-hydrogen) atoms. The number of carbonyl (C=O) groups is 2. The minimum atomic E-state index is -4.58. The van der Waals surface area contributed by atoms with E-state index in [0.29, 0.717) is 29.9 Å². The van der Waals surface area contributed by atoms with Crippen molar-refractivity contribution in [2.45, 2.75) is 43.9 Å². The number of nitrogens with one attached hydrogen (secondary N) is 3. The second-order valence-electron chi connectivity index (χ2n) is 13.1. The van der Waals surface area contributed by atoms with E-state index in [4.69, 9.17) is 16.6 Å². The normalized spacial score (nSPS) is 19.5. The number of alkyl halides is 3. The van der Waals surface area contributed by atoms with E-state index < -0.39 is 23.7 Å². The van der Waals surface area contributed by atoms with Crippen molar-refractivity contribution in [3.8, 4) is 5.75 Å². The highest BCUT2D eigenvalue weighted by Crippen LogP contribution is 2.40. The summed E-state index contributed by atoms with van der Waals surface area (Å²) in [7, 11) is 0. The first-order valence-electron chi connectivity index (χ1n) is 17.0.